The summed E-state index contributed by atoms with van der Waals surface area (Å²) in [6, 6.07) is 8.31. The third kappa shape index (κ3) is 6.23. The van der Waals surface area contributed by atoms with E-state index in [0.29, 0.717) is 12.5 Å². The molecule has 0 aromatic heterocycles. The molecular weight excluding hydrogens is 432 g/mol. The molecule has 0 bridgehead atoms. The fourth-order valence-corrected chi connectivity index (χ4v) is 8.17. The summed E-state index contributed by atoms with van der Waals surface area (Å²) in [4.78, 5) is 19.3. The lowest BCUT2D eigenvalue weighted by Gasteiger charge is -2.33. The van der Waals surface area contributed by atoms with Gasteiger partial charge in [0.05, 0.1) is 24.0 Å². The van der Waals surface area contributed by atoms with Crippen LogP contribution in [0.5, 0.6) is 0 Å². The Labute approximate surface area is 189 Å². The lowest BCUT2D eigenvalue weighted by atomic mass is 10.0. The topological polar surface area (TPSA) is 90.9 Å². The normalized spacial score (nSPS) is 27.5. The van der Waals surface area contributed by atoms with E-state index in [1.165, 1.54) is 37.6 Å². The Morgan fingerprint density at radius 1 is 1.23 bits per heavy atom. The molecular formula is C22H32N4O3S2. The maximum atomic E-state index is 12.2. The lowest BCUT2D eigenvalue weighted by Crippen LogP contribution is -2.39. The largest absolute Gasteiger partial charge is 0.356 e. The van der Waals surface area contributed by atoms with Crippen LogP contribution in [0, 0.1) is 0 Å². The fourth-order valence-electron chi connectivity index (χ4n) is 4.49. The average Bonchev–Trinajstić information content (AvgIpc) is 3.20. The van der Waals surface area contributed by atoms with Gasteiger partial charge in [-0.1, -0.05) is 30.3 Å². The molecule has 3 heterocycles. The van der Waals surface area contributed by atoms with Crippen molar-refractivity contribution in [3.63, 3.8) is 0 Å². The summed E-state index contributed by atoms with van der Waals surface area (Å²) >= 11 is 1.51. The SMILES string of the molecule is C[C@@H]1CCCCN1CCCNC(=O)Cc1ccc(NC2=N[C@@H]3CS(=O)(=O)C[C@@H]3S2)cc1. The Balaban J connectivity index is 1.17. The van der Waals surface area contributed by atoms with Crippen molar-refractivity contribution in [2.24, 2.45) is 4.99 Å². The highest BCUT2D eigenvalue weighted by atomic mass is 32.2. The molecule has 1 aromatic rings. The van der Waals surface area contributed by atoms with Crippen LogP contribution in [-0.4, -0.2) is 72.9 Å². The summed E-state index contributed by atoms with van der Waals surface area (Å²) in [7, 11) is -2.93. The third-order valence-electron chi connectivity index (χ3n) is 6.27. The van der Waals surface area contributed by atoms with Crippen molar-refractivity contribution < 1.29 is 13.2 Å². The molecule has 4 rings (SSSR count). The molecule has 2 fully saturated rings. The highest BCUT2D eigenvalue weighted by Crippen LogP contribution is 2.34. The number of thioether (sulfide) groups is 1. The quantitative estimate of drug-likeness (QED) is 0.602. The van der Waals surface area contributed by atoms with Gasteiger partial charge in [0.25, 0.3) is 0 Å². The van der Waals surface area contributed by atoms with Gasteiger partial charge >= 0.3 is 0 Å². The zero-order valence-electron chi connectivity index (χ0n) is 18.0. The molecule has 1 aromatic carbocycles. The van der Waals surface area contributed by atoms with E-state index in [-0.39, 0.29) is 28.7 Å². The number of anilines is 1. The van der Waals surface area contributed by atoms with E-state index < -0.39 is 9.84 Å². The zero-order valence-corrected chi connectivity index (χ0v) is 19.7. The van der Waals surface area contributed by atoms with E-state index in [1.807, 2.05) is 24.3 Å². The molecule has 1 amide bonds. The second kappa shape index (κ2) is 9.92. The minimum atomic E-state index is -2.93. The maximum absolute atomic E-state index is 12.2. The minimum absolute atomic E-state index is 0.0357. The maximum Gasteiger partial charge on any atom is 0.224 e. The summed E-state index contributed by atoms with van der Waals surface area (Å²) in [6.45, 7) is 5.25. The van der Waals surface area contributed by atoms with E-state index in [0.717, 1.165) is 35.9 Å². The molecule has 170 valence electrons. The van der Waals surface area contributed by atoms with Crippen LogP contribution < -0.4 is 10.6 Å². The standard InChI is InChI=1S/C22H32N4O3S2/c1-16-5-2-3-11-26(16)12-4-10-23-21(27)13-17-6-8-18(9-7-17)24-22-25-19-14-31(28,29)15-20(19)30-22/h6-9,16,19-20H,2-5,10-15H2,1H3,(H,23,27)(H,24,25)/t16-,19-,20+/m1/s1. The second-order valence-electron chi connectivity index (χ2n) is 8.82. The summed E-state index contributed by atoms with van der Waals surface area (Å²) < 4.78 is 23.3. The monoisotopic (exact) mass is 464 g/mol. The van der Waals surface area contributed by atoms with Gasteiger partial charge in [-0.05, 0) is 50.4 Å². The molecule has 3 aliphatic heterocycles. The number of hydrogen-bond acceptors (Lipinski definition) is 7. The lowest BCUT2D eigenvalue weighted by molar-refractivity contribution is -0.120. The number of hydrogen-bond donors (Lipinski definition) is 2. The van der Waals surface area contributed by atoms with Gasteiger partial charge in [-0.2, -0.15) is 0 Å². The van der Waals surface area contributed by atoms with Crippen molar-refractivity contribution in [3.05, 3.63) is 29.8 Å². The van der Waals surface area contributed by atoms with Crippen molar-refractivity contribution in [3.8, 4) is 0 Å². The second-order valence-corrected chi connectivity index (χ2v) is 12.2. The Morgan fingerprint density at radius 3 is 2.77 bits per heavy atom. The number of piperidine rings is 1. The molecule has 0 unspecified atom stereocenters. The van der Waals surface area contributed by atoms with Crippen LogP contribution in [0.1, 0.15) is 38.2 Å². The number of fused-ring (bicyclic) bond motifs is 1. The number of nitrogens with one attached hydrogen (secondary N) is 2. The molecule has 7 nitrogen and oxygen atoms in total. The molecule has 0 saturated carbocycles. The van der Waals surface area contributed by atoms with E-state index in [9.17, 15) is 13.2 Å². The van der Waals surface area contributed by atoms with Gasteiger partial charge in [0.15, 0.2) is 15.0 Å². The number of carbonyl (C=O) groups excluding carboxylic acids is 1. The molecule has 0 radical (unpaired) electrons. The first kappa shape index (κ1) is 22.6. The van der Waals surface area contributed by atoms with Gasteiger partial charge in [-0.15, -0.1) is 0 Å². The number of benzene rings is 1. The number of aliphatic imine (C=N–C) groups is 1. The third-order valence-corrected chi connectivity index (χ3v) is 9.41. The number of nitrogens with zero attached hydrogens (tertiary/aromatic N) is 2. The van der Waals surface area contributed by atoms with Crippen LogP contribution in [0.15, 0.2) is 29.3 Å². The molecule has 0 spiro atoms. The Morgan fingerprint density at radius 2 is 2.03 bits per heavy atom. The predicted molar refractivity (Wildman–Crippen MR) is 128 cm³/mol. The summed E-state index contributed by atoms with van der Waals surface area (Å²) in [5, 5.41) is 7.11. The van der Waals surface area contributed by atoms with Gasteiger partial charge in [-0.25, -0.2) is 8.42 Å². The highest BCUT2D eigenvalue weighted by molar-refractivity contribution is 8.15. The van der Waals surface area contributed by atoms with E-state index >= 15 is 0 Å². The van der Waals surface area contributed by atoms with E-state index in [1.54, 1.807) is 0 Å². The van der Waals surface area contributed by atoms with Gasteiger partial charge < -0.3 is 15.5 Å². The minimum Gasteiger partial charge on any atom is -0.356 e. The molecule has 9 heteroatoms. The molecule has 31 heavy (non-hydrogen) atoms. The first-order valence-corrected chi connectivity index (χ1v) is 13.9. The van der Waals surface area contributed by atoms with Crippen molar-refractivity contribution in [1.82, 2.24) is 10.2 Å². The molecule has 0 aliphatic carbocycles. The zero-order chi connectivity index (χ0) is 21.8. The highest BCUT2D eigenvalue weighted by Gasteiger charge is 2.42. The van der Waals surface area contributed by atoms with Crippen molar-refractivity contribution >= 4 is 38.4 Å². The molecule has 3 aliphatic rings. The number of amidine groups is 1. The predicted octanol–water partition coefficient (Wildman–Crippen LogP) is 2.29. The summed E-state index contributed by atoms with van der Waals surface area (Å²) in [6.07, 6.45) is 5.27. The number of rotatable bonds is 7. The average molecular weight is 465 g/mol. The Bertz CT molecular complexity index is 917. The summed E-state index contributed by atoms with van der Waals surface area (Å²) in [5.74, 6) is 0.417. The van der Waals surface area contributed by atoms with E-state index in [4.69, 9.17) is 0 Å². The van der Waals surface area contributed by atoms with Crippen molar-refractivity contribution in [2.75, 3.05) is 36.5 Å². The number of amides is 1. The van der Waals surface area contributed by atoms with Crippen LogP contribution in [0.4, 0.5) is 5.69 Å². The van der Waals surface area contributed by atoms with Crippen LogP contribution in [0.25, 0.3) is 0 Å². The first-order chi connectivity index (χ1) is 14.9. The first-order valence-electron chi connectivity index (χ1n) is 11.2. The number of likely N-dealkylation sites (tertiary alicyclic amines) is 1. The van der Waals surface area contributed by atoms with Gasteiger partial charge in [0.2, 0.25) is 5.91 Å². The van der Waals surface area contributed by atoms with Gasteiger partial charge in [-0.3, -0.25) is 9.79 Å². The smallest absolute Gasteiger partial charge is 0.224 e. The summed E-state index contributed by atoms with van der Waals surface area (Å²) in [5.41, 5.74) is 1.87. The Hall–Kier alpha value is -1.58. The number of carbonyl (C=O) groups is 1. The number of sulfone groups is 1. The molecule has 3 atom stereocenters. The fraction of sp³-hybridized carbons (Fsp3) is 0.636. The Kier molecular flexibility index (Phi) is 7.23. The molecule has 2 saturated heterocycles. The van der Waals surface area contributed by atoms with Crippen LogP contribution in [-0.2, 0) is 21.1 Å². The molecule has 2 N–H and O–H groups in total. The van der Waals surface area contributed by atoms with Gasteiger partial charge in [0.1, 0.15) is 0 Å². The van der Waals surface area contributed by atoms with Crippen molar-refractivity contribution in [2.45, 2.75) is 56.4 Å². The van der Waals surface area contributed by atoms with Crippen LogP contribution in [0.2, 0.25) is 0 Å². The van der Waals surface area contributed by atoms with E-state index in [2.05, 4.69) is 27.4 Å². The van der Waals surface area contributed by atoms with Crippen LogP contribution in [0.3, 0.4) is 0 Å². The van der Waals surface area contributed by atoms with Gasteiger partial charge in [0, 0.05) is 30.1 Å². The van der Waals surface area contributed by atoms with Crippen LogP contribution >= 0.6 is 11.8 Å². The van der Waals surface area contributed by atoms with Crippen molar-refractivity contribution in [1.29, 1.82) is 0 Å².